The Morgan fingerprint density at radius 2 is 2.00 bits per heavy atom. The molecule has 0 radical (unpaired) electrons. The van der Waals surface area contributed by atoms with E-state index in [1.165, 1.54) is 4.88 Å². The van der Waals surface area contributed by atoms with Gasteiger partial charge < -0.3 is 5.11 Å². The van der Waals surface area contributed by atoms with Crippen molar-refractivity contribution in [2.75, 3.05) is 0 Å². The third kappa shape index (κ3) is 3.16. The lowest BCUT2D eigenvalue weighted by Gasteiger charge is -2.10. The molecule has 86 valence electrons. The number of benzene rings is 1. The van der Waals surface area contributed by atoms with Crippen LogP contribution in [0.15, 0.2) is 41.8 Å². The first kappa shape index (κ1) is 11.8. The van der Waals surface area contributed by atoms with Crippen molar-refractivity contribution in [2.24, 2.45) is 0 Å². The van der Waals surface area contributed by atoms with E-state index in [9.17, 15) is 5.11 Å². The number of aliphatic hydroxyl groups excluding tert-OH is 1. The third-order valence-electron chi connectivity index (χ3n) is 2.67. The van der Waals surface area contributed by atoms with Crippen LogP contribution in [-0.4, -0.2) is 5.11 Å². The molecular weight excluding hydrogens is 230 g/mol. The summed E-state index contributed by atoms with van der Waals surface area (Å²) < 4.78 is 0. The highest BCUT2D eigenvalue weighted by Gasteiger charge is 2.07. The molecular formula is C14H13NOS. The first-order valence-electron chi connectivity index (χ1n) is 5.50. The predicted octanol–water partition coefficient (Wildman–Crippen LogP) is 3.29. The molecule has 1 heterocycles. The summed E-state index contributed by atoms with van der Waals surface area (Å²) in [5.41, 5.74) is 1.50. The quantitative estimate of drug-likeness (QED) is 0.895. The van der Waals surface area contributed by atoms with Gasteiger partial charge in [-0.1, -0.05) is 18.2 Å². The summed E-state index contributed by atoms with van der Waals surface area (Å²) in [4.78, 5) is 1.29. The molecule has 0 saturated carbocycles. The summed E-state index contributed by atoms with van der Waals surface area (Å²) in [5, 5.41) is 20.7. The van der Waals surface area contributed by atoms with Gasteiger partial charge in [0.25, 0.3) is 0 Å². The van der Waals surface area contributed by atoms with Gasteiger partial charge in [0.15, 0.2) is 0 Å². The molecule has 2 rings (SSSR count). The van der Waals surface area contributed by atoms with E-state index < -0.39 is 6.10 Å². The average molecular weight is 243 g/mol. The van der Waals surface area contributed by atoms with Gasteiger partial charge in [-0.15, -0.1) is 11.3 Å². The Hall–Kier alpha value is -1.63. The molecule has 0 bridgehead atoms. The van der Waals surface area contributed by atoms with Crippen molar-refractivity contribution in [1.29, 1.82) is 5.26 Å². The standard InChI is InChI=1S/C14H13NOS/c15-10-11-3-5-12(6-4-11)14(16)8-7-13-2-1-9-17-13/h1-6,9,14,16H,7-8H2. The van der Waals surface area contributed by atoms with E-state index in [0.717, 1.165) is 12.0 Å². The average Bonchev–Trinajstić information content (AvgIpc) is 2.89. The Bertz CT molecular complexity index is 496. The minimum Gasteiger partial charge on any atom is -0.388 e. The van der Waals surface area contributed by atoms with Crippen LogP contribution in [0.3, 0.4) is 0 Å². The molecule has 0 amide bonds. The predicted molar refractivity (Wildman–Crippen MR) is 68.8 cm³/mol. The molecule has 1 N–H and O–H groups in total. The normalized spacial score (nSPS) is 12.0. The van der Waals surface area contributed by atoms with E-state index >= 15 is 0 Å². The van der Waals surface area contributed by atoms with Crippen molar-refractivity contribution < 1.29 is 5.11 Å². The van der Waals surface area contributed by atoms with E-state index in [1.807, 2.05) is 23.6 Å². The molecule has 2 nitrogen and oxygen atoms in total. The minimum atomic E-state index is -0.454. The highest BCUT2D eigenvalue weighted by atomic mass is 32.1. The number of nitriles is 1. The number of aryl methyl sites for hydroxylation is 1. The Labute approximate surface area is 105 Å². The molecule has 1 aromatic carbocycles. The van der Waals surface area contributed by atoms with Gasteiger partial charge >= 0.3 is 0 Å². The smallest absolute Gasteiger partial charge is 0.0991 e. The minimum absolute atomic E-state index is 0.454. The van der Waals surface area contributed by atoms with E-state index in [2.05, 4.69) is 12.1 Å². The molecule has 0 saturated heterocycles. The summed E-state index contributed by atoms with van der Waals surface area (Å²) in [5.74, 6) is 0. The summed E-state index contributed by atoms with van der Waals surface area (Å²) in [7, 11) is 0. The van der Waals surface area contributed by atoms with E-state index in [-0.39, 0.29) is 0 Å². The number of rotatable bonds is 4. The molecule has 1 aromatic heterocycles. The molecule has 3 heteroatoms. The zero-order valence-electron chi connectivity index (χ0n) is 9.34. The second-order valence-corrected chi connectivity index (χ2v) is 4.90. The molecule has 1 atom stereocenters. The Kier molecular flexibility index (Phi) is 3.92. The Morgan fingerprint density at radius 3 is 2.59 bits per heavy atom. The lowest BCUT2D eigenvalue weighted by molar-refractivity contribution is 0.168. The van der Waals surface area contributed by atoms with Crippen LogP contribution in [0.1, 0.15) is 28.5 Å². The molecule has 0 aliphatic rings. The van der Waals surface area contributed by atoms with Crippen LogP contribution in [0.4, 0.5) is 0 Å². The maximum absolute atomic E-state index is 10.0. The summed E-state index contributed by atoms with van der Waals surface area (Å²) >= 11 is 1.71. The van der Waals surface area contributed by atoms with Gasteiger partial charge in [0.1, 0.15) is 0 Å². The van der Waals surface area contributed by atoms with Gasteiger partial charge in [-0.2, -0.15) is 5.26 Å². The summed E-state index contributed by atoms with van der Waals surface area (Å²) in [6.45, 7) is 0. The van der Waals surface area contributed by atoms with Gasteiger partial charge in [0.2, 0.25) is 0 Å². The first-order chi connectivity index (χ1) is 8.29. The van der Waals surface area contributed by atoms with Gasteiger partial charge in [-0.25, -0.2) is 0 Å². The number of hydrogen-bond donors (Lipinski definition) is 1. The SMILES string of the molecule is N#Cc1ccc(C(O)CCc2cccs2)cc1. The largest absolute Gasteiger partial charge is 0.388 e. The molecule has 1 unspecified atom stereocenters. The molecule has 17 heavy (non-hydrogen) atoms. The van der Waals surface area contributed by atoms with Crippen molar-refractivity contribution in [3.63, 3.8) is 0 Å². The molecule has 0 aliphatic heterocycles. The van der Waals surface area contributed by atoms with Crippen LogP contribution in [0.5, 0.6) is 0 Å². The van der Waals surface area contributed by atoms with E-state index in [4.69, 9.17) is 5.26 Å². The van der Waals surface area contributed by atoms with Gasteiger partial charge in [0, 0.05) is 4.88 Å². The van der Waals surface area contributed by atoms with E-state index in [0.29, 0.717) is 12.0 Å². The van der Waals surface area contributed by atoms with Crippen molar-refractivity contribution in [3.8, 4) is 6.07 Å². The molecule has 0 fully saturated rings. The topological polar surface area (TPSA) is 44.0 Å². The van der Waals surface area contributed by atoms with Gasteiger partial charge in [0.05, 0.1) is 17.7 Å². The second-order valence-electron chi connectivity index (χ2n) is 3.87. The number of aliphatic hydroxyl groups is 1. The Balaban J connectivity index is 1.95. The second kappa shape index (κ2) is 5.62. The van der Waals surface area contributed by atoms with E-state index in [1.54, 1.807) is 23.5 Å². The molecule has 2 aromatic rings. The van der Waals surface area contributed by atoms with Crippen molar-refractivity contribution in [2.45, 2.75) is 18.9 Å². The van der Waals surface area contributed by atoms with Crippen molar-refractivity contribution >= 4 is 11.3 Å². The van der Waals surface area contributed by atoms with Gasteiger partial charge in [-0.05, 0) is 42.0 Å². The zero-order valence-corrected chi connectivity index (χ0v) is 10.2. The first-order valence-corrected chi connectivity index (χ1v) is 6.38. The highest BCUT2D eigenvalue weighted by Crippen LogP contribution is 2.21. The summed E-state index contributed by atoms with van der Waals surface area (Å²) in [6.07, 6.45) is 1.15. The van der Waals surface area contributed by atoms with Crippen LogP contribution in [0.2, 0.25) is 0 Å². The molecule has 0 aliphatic carbocycles. The zero-order chi connectivity index (χ0) is 12.1. The monoisotopic (exact) mass is 243 g/mol. The molecule has 0 spiro atoms. The number of nitrogens with zero attached hydrogens (tertiary/aromatic N) is 1. The third-order valence-corrected chi connectivity index (χ3v) is 3.61. The van der Waals surface area contributed by atoms with Gasteiger partial charge in [-0.3, -0.25) is 0 Å². The maximum Gasteiger partial charge on any atom is 0.0991 e. The number of thiophene rings is 1. The fourth-order valence-electron chi connectivity index (χ4n) is 1.68. The fourth-order valence-corrected chi connectivity index (χ4v) is 2.41. The van der Waals surface area contributed by atoms with Crippen molar-refractivity contribution in [1.82, 2.24) is 0 Å². The van der Waals surface area contributed by atoms with Crippen molar-refractivity contribution in [3.05, 3.63) is 57.8 Å². The van der Waals surface area contributed by atoms with Crippen LogP contribution in [-0.2, 0) is 6.42 Å². The number of hydrogen-bond acceptors (Lipinski definition) is 3. The van der Waals surface area contributed by atoms with Crippen LogP contribution in [0.25, 0.3) is 0 Å². The fraction of sp³-hybridized carbons (Fsp3) is 0.214. The lowest BCUT2D eigenvalue weighted by atomic mass is 10.0. The Morgan fingerprint density at radius 1 is 1.24 bits per heavy atom. The van der Waals surface area contributed by atoms with Crippen LogP contribution < -0.4 is 0 Å². The lowest BCUT2D eigenvalue weighted by Crippen LogP contribution is -1.98. The van der Waals surface area contributed by atoms with Crippen LogP contribution in [0, 0.1) is 11.3 Å². The van der Waals surface area contributed by atoms with Crippen LogP contribution >= 0.6 is 11.3 Å². The highest BCUT2D eigenvalue weighted by molar-refractivity contribution is 7.09. The summed E-state index contributed by atoms with van der Waals surface area (Å²) in [6, 6.07) is 13.3. The maximum atomic E-state index is 10.0.